The Hall–Kier alpha value is -2.82. The van der Waals surface area contributed by atoms with Crippen LogP contribution < -0.4 is 5.43 Å². The molecule has 0 aliphatic carbocycles. The Balaban J connectivity index is 2.03. The van der Waals surface area contributed by atoms with Crippen molar-refractivity contribution in [1.82, 2.24) is 5.43 Å². The maximum absolute atomic E-state index is 11.7. The van der Waals surface area contributed by atoms with Crippen molar-refractivity contribution in [1.29, 1.82) is 0 Å². The molecule has 5 heteroatoms. The third-order valence-corrected chi connectivity index (χ3v) is 2.66. The molecule has 0 bridgehead atoms. The van der Waals surface area contributed by atoms with Crippen molar-refractivity contribution in [3.8, 4) is 11.5 Å². The lowest BCUT2D eigenvalue weighted by Gasteiger charge is -2.02. The van der Waals surface area contributed by atoms with Gasteiger partial charge in [0.25, 0.3) is 5.91 Å². The van der Waals surface area contributed by atoms with Crippen LogP contribution in [0.25, 0.3) is 0 Å². The molecule has 0 radical (unpaired) electrons. The van der Waals surface area contributed by atoms with Crippen molar-refractivity contribution < 1.29 is 15.0 Å². The first kappa shape index (κ1) is 13.6. The molecule has 3 N–H and O–H groups in total. The van der Waals surface area contributed by atoms with E-state index in [2.05, 4.69) is 10.5 Å². The fraction of sp³-hybridized carbons (Fsp3) is 0.0667. The highest BCUT2D eigenvalue weighted by Gasteiger charge is 2.07. The molecule has 0 atom stereocenters. The fourth-order valence-corrected chi connectivity index (χ4v) is 1.65. The molecule has 0 saturated heterocycles. The summed E-state index contributed by atoms with van der Waals surface area (Å²) in [5, 5.41) is 22.3. The largest absolute Gasteiger partial charge is 0.504 e. The summed E-state index contributed by atoms with van der Waals surface area (Å²) in [6, 6.07) is 11.5. The molecule has 0 aliphatic heterocycles. The average molecular weight is 270 g/mol. The lowest BCUT2D eigenvalue weighted by molar-refractivity contribution is 0.0954. The van der Waals surface area contributed by atoms with Crippen molar-refractivity contribution in [2.75, 3.05) is 0 Å². The second-order valence-corrected chi connectivity index (χ2v) is 4.32. The number of aryl methyl sites for hydroxylation is 1. The molecular formula is C15H14N2O3. The number of hydrogen-bond donors (Lipinski definition) is 3. The van der Waals surface area contributed by atoms with Crippen molar-refractivity contribution in [3.05, 3.63) is 59.2 Å². The first-order chi connectivity index (χ1) is 9.56. The van der Waals surface area contributed by atoms with Crippen LogP contribution in [0.2, 0.25) is 0 Å². The Bertz CT molecular complexity index is 666. The van der Waals surface area contributed by atoms with E-state index in [4.69, 9.17) is 5.11 Å². The monoisotopic (exact) mass is 270 g/mol. The number of phenolic OH excluding ortho intramolecular Hbond substituents is 2. The summed E-state index contributed by atoms with van der Waals surface area (Å²) < 4.78 is 0. The van der Waals surface area contributed by atoms with Crippen LogP contribution in [0, 0.1) is 6.92 Å². The molecule has 2 rings (SSSR count). The lowest BCUT2D eigenvalue weighted by atomic mass is 10.2. The quantitative estimate of drug-likeness (QED) is 0.454. The molecule has 0 heterocycles. The maximum Gasteiger partial charge on any atom is 0.271 e. The number of amides is 1. The van der Waals surface area contributed by atoms with Gasteiger partial charge in [-0.1, -0.05) is 29.8 Å². The first-order valence-corrected chi connectivity index (χ1v) is 5.98. The van der Waals surface area contributed by atoms with Crippen LogP contribution in [-0.2, 0) is 0 Å². The highest BCUT2D eigenvalue weighted by Crippen LogP contribution is 2.24. The summed E-state index contributed by atoms with van der Waals surface area (Å²) in [4.78, 5) is 11.7. The van der Waals surface area contributed by atoms with E-state index < -0.39 is 5.91 Å². The molecular weight excluding hydrogens is 256 g/mol. The van der Waals surface area contributed by atoms with Gasteiger partial charge in [0, 0.05) is 5.56 Å². The van der Waals surface area contributed by atoms with Crippen molar-refractivity contribution in [2.24, 2.45) is 5.10 Å². The third kappa shape index (κ3) is 3.35. The normalized spacial score (nSPS) is 10.7. The summed E-state index contributed by atoms with van der Waals surface area (Å²) in [5.41, 5.74) is 4.54. The summed E-state index contributed by atoms with van der Waals surface area (Å²) in [6.45, 7) is 1.97. The van der Waals surface area contributed by atoms with Crippen LogP contribution in [0.15, 0.2) is 47.6 Å². The van der Waals surface area contributed by atoms with Gasteiger partial charge in [-0.3, -0.25) is 4.79 Å². The third-order valence-electron chi connectivity index (χ3n) is 2.66. The van der Waals surface area contributed by atoms with E-state index >= 15 is 0 Å². The Labute approximate surface area is 116 Å². The van der Waals surface area contributed by atoms with Gasteiger partial charge in [0.15, 0.2) is 11.5 Å². The van der Waals surface area contributed by atoms with Gasteiger partial charge < -0.3 is 10.2 Å². The number of benzene rings is 2. The average Bonchev–Trinajstić information content (AvgIpc) is 2.42. The highest BCUT2D eigenvalue weighted by molar-refractivity contribution is 5.95. The van der Waals surface area contributed by atoms with Gasteiger partial charge in [-0.25, -0.2) is 5.43 Å². The van der Waals surface area contributed by atoms with Crippen LogP contribution in [0.4, 0.5) is 0 Å². The number of aromatic hydroxyl groups is 2. The number of hydrazone groups is 1. The summed E-state index contributed by atoms with van der Waals surface area (Å²) in [6.07, 6.45) is 1.53. The Morgan fingerprint density at radius 2 is 1.95 bits per heavy atom. The van der Waals surface area contributed by atoms with E-state index in [9.17, 15) is 9.90 Å². The number of carbonyl (C=O) groups is 1. The van der Waals surface area contributed by atoms with Crippen LogP contribution in [-0.4, -0.2) is 22.3 Å². The van der Waals surface area contributed by atoms with Crippen molar-refractivity contribution in [2.45, 2.75) is 6.92 Å². The topological polar surface area (TPSA) is 81.9 Å². The molecule has 0 unspecified atom stereocenters. The molecule has 2 aromatic rings. The van der Waals surface area contributed by atoms with Gasteiger partial charge in [0.05, 0.1) is 6.21 Å². The zero-order valence-electron chi connectivity index (χ0n) is 10.9. The Kier molecular flexibility index (Phi) is 4.00. The first-order valence-electron chi connectivity index (χ1n) is 5.98. The van der Waals surface area contributed by atoms with Crippen LogP contribution in [0.1, 0.15) is 21.5 Å². The molecule has 0 fully saturated rings. The zero-order valence-corrected chi connectivity index (χ0v) is 10.9. The molecule has 0 saturated carbocycles. The number of phenols is 2. The number of hydrogen-bond acceptors (Lipinski definition) is 4. The number of carbonyl (C=O) groups excluding carboxylic acids is 1. The second-order valence-electron chi connectivity index (χ2n) is 4.32. The smallest absolute Gasteiger partial charge is 0.271 e. The maximum atomic E-state index is 11.7. The lowest BCUT2D eigenvalue weighted by Crippen LogP contribution is -2.17. The highest BCUT2D eigenvalue weighted by atomic mass is 16.3. The molecule has 0 aromatic heterocycles. The van der Waals surface area contributed by atoms with E-state index in [-0.39, 0.29) is 17.1 Å². The van der Waals surface area contributed by atoms with E-state index in [1.165, 1.54) is 24.4 Å². The molecule has 0 aliphatic rings. The standard InChI is InChI=1S/C15H14N2O3/c1-10-3-2-4-11(7-10)9-16-17-15(20)12-5-6-13(18)14(19)8-12/h2-9,18-19H,1H3,(H,17,20). The zero-order chi connectivity index (χ0) is 14.5. The molecule has 2 aromatic carbocycles. The van der Waals surface area contributed by atoms with Crippen molar-refractivity contribution >= 4 is 12.1 Å². The summed E-state index contributed by atoms with van der Waals surface area (Å²) in [7, 11) is 0. The van der Waals surface area contributed by atoms with Crippen molar-refractivity contribution in [3.63, 3.8) is 0 Å². The molecule has 5 nitrogen and oxygen atoms in total. The summed E-state index contributed by atoms with van der Waals surface area (Å²) in [5.74, 6) is -1.09. The SMILES string of the molecule is Cc1cccc(C=NNC(=O)c2ccc(O)c(O)c2)c1. The van der Waals surface area contributed by atoms with E-state index in [1.807, 2.05) is 31.2 Å². The van der Waals surface area contributed by atoms with Gasteiger partial charge in [0.2, 0.25) is 0 Å². The fourth-order valence-electron chi connectivity index (χ4n) is 1.65. The Morgan fingerprint density at radius 1 is 1.15 bits per heavy atom. The number of nitrogens with one attached hydrogen (secondary N) is 1. The van der Waals surface area contributed by atoms with Gasteiger partial charge in [0.1, 0.15) is 0 Å². The van der Waals surface area contributed by atoms with E-state index in [1.54, 1.807) is 0 Å². The number of nitrogens with zero attached hydrogens (tertiary/aromatic N) is 1. The van der Waals surface area contributed by atoms with Crippen LogP contribution >= 0.6 is 0 Å². The Morgan fingerprint density at radius 3 is 2.65 bits per heavy atom. The molecule has 0 spiro atoms. The number of rotatable bonds is 3. The predicted octanol–water partition coefficient (Wildman–Crippen LogP) is 2.17. The van der Waals surface area contributed by atoms with E-state index in [0.29, 0.717) is 0 Å². The minimum absolute atomic E-state index is 0.210. The van der Waals surface area contributed by atoms with Crippen LogP contribution in [0.3, 0.4) is 0 Å². The van der Waals surface area contributed by atoms with Crippen LogP contribution in [0.5, 0.6) is 11.5 Å². The molecule has 20 heavy (non-hydrogen) atoms. The van der Waals surface area contributed by atoms with Gasteiger partial charge in [-0.2, -0.15) is 5.10 Å². The minimum atomic E-state index is -0.468. The van der Waals surface area contributed by atoms with Gasteiger partial charge >= 0.3 is 0 Å². The molecule has 1 amide bonds. The molecule has 102 valence electrons. The second kappa shape index (κ2) is 5.88. The summed E-state index contributed by atoms with van der Waals surface area (Å²) >= 11 is 0. The predicted molar refractivity (Wildman–Crippen MR) is 76.0 cm³/mol. The minimum Gasteiger partial charge on any atom is -0.504 e. The van der Waals surface area contributed by atoms with Gasteiger partial charge in [-0.15, -0.1) is 0 Å². The van der Waals surface area contributed by atoms with Gasteiger partial charge in [-0.05, 0) is 30.7 Å². The van der Waals surface area contributed by atoms with E-state index in [0.717, 1.165) is 11.1 Å².